The molecule has 4 nitrogen and oxygen atoms in total. The highest BCUT2D eigenvalue weighted by atomic mass is 35.5. The molecule has 146 valence electrons. The zero-order valence-corrected chi connectivity index (χ0v) is 16.1. The van der Waals surface area contributed by atoms with E-state index < -0.39 is 22.6 Å². The highest BCUT2D eigenvalue weighted by molar-refractivity contribution is 6.33. The summed E-state index contributed by atoms with van der Waals surface area (Å²) in [6.45, 7) is 3.28. The summed E-state index contributed by atoms with van der Waals surface area (Å²) < 4.78 is 38.4. The molecule has 0 saturated carbocycles. The molecule has 0 aliphatic carbocycles. The summed E-state index contributed by atoms with van der Waals surface area (Å²) >= 11 is 12.0. The average molecular weight is 429 g/mol. The van der Waals surface area contributed by atoms with Gasteiger partial charge in [-0.15, -0.1) is 0 Å². The Kier molecular flexibility index (Phi) is 5.16. The molecule has 0 aliphatic heterocycles. The van der Waals surface area contributed by atoms with Crippen molar-refractivity contribution in [3.8, 4) is 22.4 Å². The molecular formula is C19H13Cl2F3N2O2. The summed E-state index contributed by atoms with van der Waals surface area (Å²) in [6, 6.07) is 4.02. The van der Waals surface area contributed by atoms with Gasteiger partial charge >= 0.3 is 6.18 Å². The van der Waals surface area contributed by atoms with Gasteiger partial charge in [0.05, 0.1) is 27.4 Å². The lowest BCUT2D eigenvalue weighted by molar-refractivity contribution is -0.137. The van der Waals surface area contributed by atoms with Gasteiger partial charge in [-0.1, -0.05) is 29.3 Å². The van der Waals surface area contributed by atoms with Crippen LogP contribution in [0, 0.1) is 13.8 Å². The molecule has 1 aromatic carbocycles. The Morgan fingerprint density at radius 1 is 0.964 bits per heavy atom. The van der Waals surface area contributed by atoms with Crippen LogP contribution in [0.3, 0.4) is 0 Å². The highest BCUT2D eigenvalue weighted by Crippen LogP contribution is 2.35. The van der Waals surface area contributed by atoms with Gasteiger partial charge in [-0.25, -0.2) is 0 Å². The fraction of sp³-hybridized carbons (Fsp3) is 0.158. The Morgan fingerprint density at radius 3 is 2.21 bits per heavy atom. The van der Waals surface area contributed by atoms with Gasteiger partial charge in [0.1, 0.15) is 5.02 Å². The minimum absolute atomic E-state index is 0.0186. The normalized spacial score (nSPS) is 11.7. The molecule has 0 unspecified atom stereocenters. The van der Waals surface area contributed by atoms with Crippen molar-refractivity contribution in [2.75, 3.05) is 0 Å². The van der Waals surface area contributed by atoms with Crippen molar-refractivity contribution < 1.29 is 13.2 Å². The van der Waals surface area contributed by atoms with Gasteiger partial charge in [-0.05, 0) is 26.0 Å². The first-order chi connectivity index (χ1) is 13.0. The lowest BCUT2D eigenvalue weighted by Crippen LogP contribution is -2.16. The number of hydrogen-bond acceptors (Lipinski definition) is 2. The summed E-state index contributed by atoms with van der Waals surface area (Å²) in [7, 11) is 0. The van der Waals surface area contributed by atoms with Gasteiger partial charge in [0.25, 0.3) is 0 Å². The largest absolute Gasteiger partial charge is 0.416 e. The van der Waals surface area contributed by atoms with Crippen molar-refractivity contribution in [3.63, 3.8) is 0 Å². The first-order valence-corrected chi connectivity index (χ1v) is 8.75. The molecule has 0 bridgehead atoms. The van der Waals surface area contributed by atoms with Gasteiger partial charge in [0.2, 0.25) is 5.43 Å². The summed E-state index contributed by atoms with van der Waals surface area (Å²) in [5.74, 6) is 0. The molecule has 3 aromatic rings. The van der Waals surface area contributed by atoms with Crippen LogP contribution >= 0.6 is 23.2 Å². The maximum Gasteiger partial charge on any atom is 0.416 e. The number of pyridine rings is 2. The van der Waals surface area contributed by atoms with Gasteiger partial charge < -0.3 is 9.97 Å². The highest BCUT2D eigenvalue weighted by Gasteiger charge is 2.31. The zero-order chi connectivity index (χ0) is 20.8. The minimum atomic E-state index is -4.53. The number of halogens is 5. The van der Waals surface area contributed by atoms with Crippen LogP contribution in [0.2, 0.25) is 10.0 Å². The fourth-order valence-electron chi connectivity index (χ4n) is 2.91. The van der Waals surface area contributed by atoms with Gasteiger partial charge in [0, 0.05) is 29.2 Å². The van der Waals surface area contributed by atoms with Crippen molar-refractivity contribution >= 4 is 23.2 Å². The second kappa shape index (κ2) is 7.14. The van der Waals surface area contributed by atoms with E-state index in [-0.39, 0.29) is 32.4 Å². The Bertz CT molecular complexity index is 1200. The number of nitrogens with one attached hydrogen (secondary N) is 2. The smallest absolute Gasteiger partial charge is 0.361 e. The van der Waals surface area contributed by atoms with Crippen molar-refractivity contribution in [1.29, 1.82) is 0 Å². The minimum Gasteiger partial charge on any atom is -0.361 e. The molecule has 0 atom stereocenters. The molecule has 28 heavy (non-hydrogen) atoms. The van der Waals surface area contributed by atoms with Crippen LogP contribution < -0.4 is 10.9 Å². The molecule has 0 aliphatic rings. The lowest BCUT2D eigenvalue weighted by Gasteiger charge is -2.11. The van der Waals surface area contributed by atoms with E-state index in [4.69, 9.17) is 23.2 Å². The molecule has 0 radical (unpaired) electrons. The summed E-state index contributed by atoms with van der Waals surface area (Å²) in [4.78, 5) is 30.8. The number of hydrogen-bond donors (Lipinski definition) is 2. The van der Waals surface area contributed by atoms with E-state index >= 15 is 0 Å². The summed E-state index contributed by atoms with van der Waals surface area (Å²) in [5, 5.41) is -0.180. The van der Waals surface area contributed by atoms with Crippen LogP contribution in [0.5, 0.6) is 0 Å². The van der Waals surface area contributed by atoms with E-state index in [9.17, 15) is 22.8 Å². The number of H-pyrrole nitrogens is 2. The first kappa shape index (κ1) is 20.2. The van der Waals surface area contributed by atoms with Crippen LogP contribution in [0.4, 0.5) is 13.2 Å². The second-order valence-electron chi connectivity index (χ2n) is 6.21. The molecule has 0 saturated heterocycles. The van der Waals surface area contributed by atoms with Gasteiger partial charge in [-0.2, -0.15) is 13.2 Å². The number of rotatable bonds is 2. The van der Waals surface area contributed by atoms with Crippen molar-refractivity contribution in [3.05, 3.63) is 77.9 Å². The van der Waals surface area contributed by atoms with E-state index in [1.54, 1.807) is 13.8 Å². The predicted molar refractivity (Wildman–Crippen MR) is 103 cm³/mol. The van der Waals surface area contributed by atoms with Crippen LogP contribution in [0.15, 0.2) is 40.1 Å². The quantitative estimate of drug-likeness (QED) is 0.578. The molecule has 2 heterocycles. The van der Waals surface area contributed by atoms with Crippen LogP contribution in [0.25, 0.3) is 22.4 Å². The summed E-state index contributed by atoms with van der Waals surface area (Å²) in [6.07, 6.45) is -3.21. The molecule has 0 fully saturated rings. The third kappa shape index (κ3) is 3.59. The van der Waals surface area contributed by atoms with Gasteiger partial charge in [-0.3, -0.25) is 9.59 Å². The number of aromatic amines is 2. The van der Waals surface area contributed by atoms with Crippen LogP contribution in [-0.2, 0) is 6.18 Å². The molecule has 3 rings (SSSR count). The lowest BCUT2D eigenvalue weighted by atomic mass is 10.0. The van der Waals surface area contributed by atoms with E-state index in [2.05, 4.69) is 9.97 Å². The molecule has 0 spiro atoms. The van der Waals surface area contributed by atoms with Crippen molar-refractivity contribution in [2.24, 2.45) is 0 Å². The molecule has 0 amide bonds. The predicted octanol–water partition coefficient (Wildman–Crippen LogP) is 5.34. The third-order valence-electron chi connectivity index (χ3n) is 4.27. The monoisotopic (exact) mass is 428 g/mol. The Morgan fingerprint density at radius 2 is 1.64 bits per heavy atom. The summed E-state index contributed by atoms with van der Waals surface area (Å²) in [5.41, 5.74) is -0.258. The van der Waals surface area contributed by atoms with E-state index in [0.717, 1.165) is 12.1 Å². The second-order valence-corrected chi connectivity index (χ2v) is 7.00. The number of alkyl halides is 3. The van der Waals surface area contributed by atoms with Crippen molar-refractivity contribution in [1.82, 2.24) is 9.97 Å². The standard InChI is InChI=1S/C19H13Cl2F3N2O2/c1-8-16(18(28)17(21)9(2)26-8)12-7-25-14(6-15(12)27)11-4-3-10(5-13(11)20)19(22,23)24/h3-7H,1-2H3,(H,25,27)(H,26,28). The van der Waals surface area contributed by atoms with E-state index in [1.165, 1.54) is 18.3 Å². The molecular weight excluding hydrogens is 416 g/mol. The number of benzene rings is 1. The zero-order valence-electron chi connectivity index (χ0n) is 14.6. The van der Waals surface area contributed by atoms with Crippen LogP contribution in [-0.4, -0.2) is 9.97 Å². The van der Waals surface area contributed by atoms with E-state index in [1.807, 2.05) is 0 Å². The Labute approximate surface area is 167 Å². The number of aromatic nitrogens is 2. The Hall–Kier alpha value is -2.51. The fourth-order valence-corrected chi connectivity index (χ4v) is 3.33. The SMILES string of the molecule is Cc1[nH]c(C)c(-c2c[nH]c(-c3ccc(C(F)(F)F)cc3Cl)cc2=O)c(=O)c1Cl. The number of aryl methyl sites for hydroxylation is 2. The molecule has 2 aromatic heterocycles. The maximum absolute atomic E-state index is 12.8. The average Bonchev–Trinajstić information content (AvgIpc) is 2.60. The maximum atomic E-state index is 12.8. The van der Waals surface area contributed by atoms with Gasteiger partial charge in [0.15, 0.2) is 5.43 Å². The first-order valence-electron chi connectivity index (χ1n) is 8.00. The van der Waals surface area contributed by atoms with E-state index in [0.29, 0.717) is 11.4 Å². The molecule has 2 N–H and O–H groups in total. The Balaban J connectivity index is 2.12. The third-order valence-corrected chi connectivity index (χ3v) is 5.04. The topological polar surface area (TPSA) is 65.7 Å². The van der Waals surface area contributed by atoms with Crippen molar-refractivity contribution in [2.45, 2.75) is 20.0 Å². The van der Waals surface area contributed by atoms with Crippen LogP contribution in [0.1, 0.15) is 17.0 Å². The molecule has 9 heteroatoms.